The van der Waals surface area contributed by atoms with Gasteiger partial charge < -0.3 is 10.1 Å². The predicted molar refractivity (Wildman–Crippen MR) is 102 cm³/mol. The highest BCUT2D eigenvalue weighted by atomic mass is 32.1. The first kappa shape index (κ1) is 19.8. The molecule has 1 heterocycles. The van der Waals surface area contributed by atoms with E-state index in [0.29, 0.717) is 23.4 Å². The molecule has 1 aromatic heterocycles. The molecule has 0 spiro atoms. The van der Waals surface area contributed by atoms with E-state index >= 15 is 0 Å². The third-order valence-electron chi connectivity index (χ3n) is 3.90. The van der Waals surface area contributed by atoms with Crippen molar-refractivity contribution >= 4 is 29.0 Å². The number of rotatable bonds is 7. The van der Waals surface area contributed by atoms with Gasteiger partial charge in [-0.25, -0.2) is 4.79 Å². The van der Waals surface area contributed by atoms with Crippen LogP contribution in [0.15, 0.2) is 24.3 Å². The highest BCUT2D eigenvalue weighted by molar-refractivity contribution is 7.14. The molecule has 1 aromatic carbocycles. The Morgan fingerprint density at radius 1 is 1.08 bits per heavy atom. The van der Waals surface area contributed by atoms with E-state index in [1.54, 1.807) is 6.07 Å². The smallest absolute Gasteiger partial charge is 0.339 e. The maximum absolute atomic E-state index is 12.3. The fourth-order valence-corrected chi connectivity index (χ4v) is 3.73. The van der Waals surface area contributed by atoms with Crippen LogP contribution >= 0.6 is 11.3 Å². The Kier molecular flexibility index (Phi) is 6.69. The Bertz CT molecular complexity index is 815. The summed E-state index contributed by atoms with van der Waals surface area (Å²) in [5.74, 6) is -0.779. The SMILES string of the molecule is CC(=O)NCCc1ccc(C(=O)COC(=O)c2c(C)cc(C)cc2C)s1. The minimum Gasteiger partial charge on any atom is -0.454 e. The zero-order valence-electron chi connectivity index (χ0n) is 15.5. The Morgan fingerprint density at radius 3 is 2.35 bits per heavy atom. The van der Waals surface area contributed by atoms with Crippen LogP contribution in [0.5, 0.6) is 0 Å². The zero-order valence-corrected chi connectivity index (χ0v) is 16.3. The molecule has 0 atom stereocenters. The predicted octanol–water partition coefficient (Wildman–Crippen LogP) is 3.39. The van der Waals surface area contributed by atoms with Crippen LogP contribution in [0.1, 0.15) is 48.5 Å². The van der Waals surface area contributed by atoms with Crippen molar-refractivity contribution in [2.24, 2.45) is 0 Å². The summed E-state index contributed by atoms with van der Waals surface area (Å²) in [7, 11) is 0. The van der Waals surface area contributed by atoms with Crippen LogP contribution < -0.4 is 5.32 Å². The Balaban J connectivity index is 1.93. The molecule has 6 heteroatoms. The molecule has 26 heavy (non-hydrogen) atoms. The van der Waals surface area contributed by atoms with E-state index in [4.69, 9.17) is 4.74 Å². The zero-order chi connectivity index (χ0) is 19.3. The maximum Gasteiger partial charge on any atom is 0.339 e. The Labute approximate surface area is 157 Å². The number of ether oxygens (including phenoxy) is 1. The quantitative estimate of drug-likeness (QED) is 0.596. The highest BCUT2D eigenvalue weighted by Gasteiger charge is 2.17. The minimum atomic E-state index is -0.476. The summed E-state index contributed by atoms with van der Waals surface area (Å²) < 4.78 is 5.23. The molecule has 138 valence electrons. The van der Waals surface area contributed by atoms with Crippen LogP contribution in [-0.2, 0) is 16.0 Å². The standard InChI is InChI=1S/C20H23NO4S/c1-12-9-13(2)19(14(3)10-12)20(24)25-11-17(23)18-6-5-16(26-18)7-8-21-15(4)22/h5-6,9-10H,7-8,11H2,1-4H3,(H,21,22). The van der Waals surface area contributed by atoms with Gasteiger partial charge in [-0.05, 0) is 50.5 Å². The fourth-order valence-electron chi connectivity index (χ4n) is 2.80. The van der Waals surface area contributed by atoms with Crippen LogP contribution in [0, 0.1) is 20.8 Å². The third kappa shape index (κ3) is 5.26. The molecule has 1 amide bonds. The Hall–Kier alpha value is -2.47. The lowest BCUT2D eigenvalue weighted by Crippen LogP contribution is -2.22. The molecule has 0 fully saturated rings. The average molecular weight is 373 g/mol. The van der Waals surface area contributed by atoms with Gasteiger partial charge in [-0.2, -0.15) is 0 Å². The van der Waals surface area contributed by atoms with Gasteiger partial charge in [0, 0.05) is 18.3 Å². The maximum atomic E-state index is 12.3. The van der Waals surface area contributed by atoms with Gasteiger partial charge >= 0.3 is 5.97 Å². The number of esters is 1. The van der Waals surface area contributed by atoms with Gasteiger partial charge in [0.1, 0.15) is 0 Å². The van der Waals surface area contributed by atoms with Gasteiger partial charge in [-0.1, -0.05) is 17.7 Å². The average Bonchev–Trinajstić information content (AvgIpc) is 3.00. The Morgan fingerprint density at radius 2 is 1.73 bits per heavy atom. The summed E-state index contributed by atoms with van der Waals surface area (Å²) in [6.45, 7) is 7.41. The molecule has 0 bridgehead atoms. The molecule has 0 aliphatic rings. The molecule has 0 saturated heterocycles. The molecular weight excluding hydrogens is 350 g/mol. The summed E-state index contributed by atoms with van der Waals surface area (Å²) >= 11 is 1.36. The van der Waals surface area contributed by atoms with E-state index in [1.165, 1.54) is 18.3 Å². The number of nitrogens with one attached hydrogen (secondary N) is 1. The second-order valence-corrected chi connectivity index (χ2v) is 7.44. The van der Waals surface area contributed by atoms with Gasteiger partial charge in [-0.15, -0.1) is 11.3 Å². The van der Waals surface area contributed by atoms with Crippen molar-refractivity contribution in [1.82, 2.24) is 5.32 Å². The number of thiophene rings is 1. The van der Waals surface area contributed by atoms with Crippen molar-refractivity contribution in [3.63, 3.8) is 0 Å². The summed E-state index contributed by atoms with van der Waals surface area (Å²) in [6.07, 6.45) is 0.666. The highest BCUT2D eigenvalue weighted by Crippen LogP contribution is 2.19. The van der Waals surface area contributed by atoms with Crippen LogP contribution in [-0.4, -0.2) is 30.8 Å². The number of hydrogen-bond acceptors (Lipinski definition) is 5. The van der Waals surface area contributed by atoms with E-state index in [-0.39, 0.29) is 18.3 Å². The van der Waals surface area contributed by atoms with E-state index in [9.17, 15) is 14.4 Å². The van der Waals surface area contributed by atoms with Crippen LogP contribution in [0.25, 0.3) is 0 Å². The van der Waals surface area contributed by atoms with Crippen molar-refractivity contribution in [1.29, 1.82) is 0 Å². The molecule has 0 aliphatic carbocycles. The number of hydrogen-bond donors (Lipinski definition) is 1. The largest absolute Gasteiger partial charge is 0.454 e. The number of carbonyl (C=O) groups excluding carboxylic acids is 3. The van der Waals surface area contributed by atoms with Gasteiger partial charge in [0.05, 0.1) is 10.4 Å². The molecule has 0 radical (unpaired) electrons. The third-order valence-corrected chi connectivity index (χ3v) is 5.08. The first-order valence-electron chi connectivity index (χ1n) is 8.39. The first-order valence-corrected chi connectivity index (χ1v) is 9.21. The van der Waals surface area contributed by atoms with Crippen LogP contribution in [0.2, 0.25) is 0 Å². The molecule has 2 aromatic rings. The van der Waals surface area contributed by atoms with Gasteiger partial charge in [0.25, 0.3) is 0 Å². The molecule has 0 unspecified atom stereocenters. The number of Topliss-reactive ketones (excluding diaryl/α,β-unsaturated/α-hetero) is 1. The summed E-state index contributed by atoms with van der Waals surface area (Å²) in [5, 5.41) is 2.72. The van der Waals surface area contributed by atoms with Crippen LogP contribution in [0.4, 0.5) is 0 Å². The van der Waals surface area contributed by atoms with E-state index in [2.05, 4.69) is 5.32 Å². The lowest BCUT2D eigenvalue weighted by Gasteiger charge is -2.10. The molecular formula is C20H23NO4S. The van der Waals surface area contributed by atoms with Crippen molar-refractivity contribution < 1.29 is 19.1 Å². The minimum absolute atomic E-state index is 0.0774. The van der Waals surface area contributed by atoms with Gasteiger partial charge in [-0.3, -0.25) is 9.59 Å². The number of benzene rings is 1. The fraction of sp³-hybridized carbons (Fsp3) is 0.350. The van der Waals surface area contributed by atoms with Gasteiger partial charge in [0.2, 0.25) is 11.7 Å². The second-order valence-electron chi connectivity index (χ2n) is 6.27. The van der Waals surface area contributed by atoms with Gasteiger partial charge in [0.15, 0.2) is 6.61 Å². The van der Waals surface area contributed by atoms with E-state index in [0.717, 1.165) is 21.6 Å². The molecule has 0 aliphatic heterocycles. The summed E-state index contributed by atoms with van der Waals surface area (Å²) in [6, 6.07) is 7.43. The number of aryl methyl sites for hydroxylation is 3. The number of amides is 1. The first-order chi connectivity index (χ1) is 12.3. The molecule has 0 saturated carbocycles. The van der Waals surface area contributed by atoms with E-state index in [1.807, 2.05) is 39.0 Å². The van der Waals surface area contributed by atoms with Crippen molar-refractivity contribution in [3.8, 4) is 0 Å². The number of carbonyl (C=O) groups is 3. The van der Waals surface area contributed by atoms with Crippen molar-refractivity contribution in [2.75, 3.05) is 13.2 Å². The van der Waals surface area contributed by atoms with E-state index < -0.39 is 5.97 Å². The normalized spacial score (nSPS) is 10.5. The number of ketones is 1. The van der Waals surface area contributed by atoms with Crippen molar-refractivity contribution in [3.05, 3.63) is 56.3 Å². The lowest BCUT2D eigenvalue weighted by atomic mass is 10.00. The molecule has 2 rings (SSSR count). The van der Waals surface area contributed by atoms with Crippen molar-refractivity contribution in [2.45, 2.75) is 34.1 Å². The topological polar surface area (TPSA) is 72.5 Å². The molecule has 5 nitrogen and oxygen atoms in total. The second kappa shape index (κ2) is 8.76. The molecule has 1 N–H and O–H groups in total. The monoisotopic (exact) mass is 373 g/mol. The summed E-state index contributed by atoms with van der Waals surface area (Å²) in [5.41, 5.74) is 3.29. The lowest BCUT2D eigenvalue weighted by molar-refractivity contribution is -0.118. The van der Waals surface area contributed by atoms with Crippen LogP contribution in [0.3, 0.4) is 0 Å². The summed E-state index contributed by atoms with van der Waals surface area (Å²) in [4.78, 5) is 37.0.